The first-order valence-electron chi connectivity index (χ1n) is 6.22. The molecule has 2 amide bonds. The summed E-state index contributed by atoms with van der Waals surface area (Å²) in [6.45, 7) is 5.20. The number of hydrogen-bond donors (Lipinski definition) is 2. The molecule has 0 saturated carbocycles. The van der Waals surface area contributed by atoms with Gasteiger partial charge >= 0.3 is 6.03 Å². The average molecular weight is 269 g/mol. The van der Waals surface area contributed by atoms with Gasteiger partial charge in [0, 0.05) is 12.0 Å². The number of hydrogen-bond acceptors (Lipinski definition) is 4. The molecule has 0 spiro atoms. The van der Waals surface area contributed by atoms with Crippen LogP contribution in [-0.4, -0.2) is 29.8 Å². The number of carbonyl (C=O) groups is 1. The zero-order valence-electron chi connectivity index (χ0n) is 10.7. The Labute approximate surface area is 111 Å². The molecule has 1 aliphatic heterocycles. The SMILES string of the molecule is Cc1nc(CNC(=O)N[C@@H](C)[C@@H]2CCCO2)cs1. The van der Waals surface area contributed by atoms with E-state index in [1.807, 2.05) is 19.2 Å². The normalized spacial score (nSPS) is 20.7. The van der Waals surface area contributed by atoms with E-state index in [4.69, 9.17) is 4.74 Å². The first-order chi connectivity index (χ1) is 8.65. The van der Waals surface area contributed by atoms with Crippen molar-refractivity contribution in [2.75, 3.05) is 6.61 Å². The number of aryl methyl sites for hydroxylation is 1. The van der Waals surface area contributed by atoms with E-state index in [9.17, 15) is 4.79 Å². The first-order valence-corrected chi connectivity index (χ1v) is 7.10. The van der Waals surface area contributed by atoms with Gasteiger partial charge in [-0.1, -0.05) is 0 Å². The summed E-state index contributed by atoms with van der Waals surface area (Å²) in [5.41, 5.74) is 0.900. The van der Waals surface area contributed by atoms with Crippen LogP contribution in [0.3, 0.4) is 0 Å². The summed E-state index contributed by atoms with van der Waals surface area (Å²) in [6, 6.07) is -0.117. The van der Waals surface area contributed by atoms with Crippen molar-refractivity contribution in [2.45, 2.75) is 45.4 Å². The number of aromatic nitrogens is 1. The molecule has 0 bridgehead atoms. The van der Waals surface area contributed by atoms with Gasteiger partial charge in [-0.05, 0) is 26.7 Å². The quantitative estimate of drug-likeness (QED) is 0.876. The maximum absolute atomic E-state index is 11.7. The molecule has 1 fully saturated rings. The highest BCUT2D eigenvalue weighted by molar-refractivity contribution is 7.09. The van der Waals surface area contributed by atoms with Crippen LogP contribution in [0.25, 0.3) is 0 Å². The fraction of sp³-hybridized carbons (Fsp3) is 0.667. The Morgan fingerprint density at radius 1 is 1.72 bits per heavy atom. The molecular weight excluding hydrogens is 250 g/mol. The molecule has 2 heterocycles. The van der Waals surface area contributed by atoms with Crippen molar-refractivity contribution in [3.63, 3.8) is 0 Å². The molecule has 2 rings (SSSR count). The van der Waals surface area contributed by atoms with E-state index < -0.39 is 0 Å². The molecule has 5 nitrogen and oxygen atoms in total. The van der Waals surface area contributed by atoms with Crippen LogP contribution in [0, 0.1) is 6.92 Å². The van der Waals surface area contributed by atoms with Crippen LogP contribution in [0.15, 0.2) is 5.38 Å². The van der Waals surface area contributed by atoms with E-state index in [-0.39, 0.29) is 18.2 Å². The van der Waals surface area contributed by atoms with Gasteiger partial charge in [0.15, 0.2) is 0 Å². The molecule has 1 aliphatic rings. The Morgan fingerprint density at radius 2 is 2.56 bits per heavy atom. The summed E-state index contributed by atoms with van der Waals surface area (Å²) < 4.78 is 5.53. The molecule has 0 aromatic carbocycles. The molecule has 2 N–H and O–H groups in total. The number of nitrogens with one attached hydrogen (secondary N) is 2. The lowest BCUT2D eigenvalue weighted by atomic mass is 10.1. The summed E-state index contributed by atoms with van der Waals surface area (Å²) >= 11 is 1.59. The molecule has 1 aromatic rings. The van der Waals surface area contributed by atoms with E-state index in [0.717, 1.165) is 30.2 Å². The van der Waals surface area contributed by atoms with Gasteiger partial charge in [0.1, 0.15) is 0 Å². The van der Waals surface area contributed by atoms with Crippen molar-refractivity contribution in [1.29, 1.82) is 0 Å². The van der Waals surface area contributed by atoms with Gasteiger partial charge in [0.25, 0.3) is 0 Å². The molecule has 18 heavy (non-hydrogen) atoms. The maximum Gasteiger partial charge on any atom is 0.315 e. The van der Waals surface area contributed by atoms with Gasteiger partial charge < -0.3 is 15.4 Å². The third-order valence-corrected chi connectivity index (χ3v) is 3.80. The summed E-state index contributed by atoms with van der Waals surface area (Å²) in [5, 5.41) is 8.68. The van der Waals surface area contributed by atoms with Crippen molar-refractivity contribution in [3.8, 4) is 0 Å². The van der Waals surface area contributed by atoms with Crippen LogP contribution in [-0.2, 0) is 11.3 Å². The van der Waals surface area contributed by atoms with Crippen molar-refractivity contribution in [3.05, 3.63) is 16.1 Å². The smallest absolute Gasteiger partial charge is 0.315 e. The van der Waals surface area contributed by atoms with Gasteiger partial charge in [0.2, 0.25) is 0 Å². The van der Waals surface area contributed by atoms with Crippen LogP contribution < -0.4 is 10.6 Å². The lowest BCUT2D eigenvalue weighted by Gasteiger charge is -2.20. The Bertz CT molecular complexity index is 402. The van der Waals surface area contributed by atoms with Crippen LogP contribution in [0.4, 0.5) is 4.79 Å². The Balaban J connectivity index is 1.71. The van der Waals surface area contributed by atoms with Crippen molar-refractivity contribution >= 4 is 17.4 Å². The molecular formula is C12H19N3O2S. The predicted octanol–water partition coefficient (Wildman–Crippen LogP) is 1.82. The van der Waals surface area contributed by atoms with E-state index in [1.54, 1.807) is 11.3 Å². The number of thiazole rings is 1. The lowest BCUT2D eigenvalue weighted by Crippen LogP contribution is -2.45. The van der Waals surface area contributed by atoms with Gasteiger partial charge in [-0.2, -0.15) is 0 Å². The molecule has 1 aromatic heterocycles. The number of amides is 2. The number of urea groups is 1. The second kappa shape index (κ2) is 6.15. The third kappa shape index (κ3) is 3.68. The van der Waals surface area contributed by atoms with Gasteiger partial charge in [0.05, 0.1) is 29.4 Å². The van der Waals surface area contributed by atoms with Gasteiger partial charge in [-0.15, -0.1) is 11.3 Å². The average Bonchev–Trinajstić information content (AvgIpc) is 2.97. The van der Waals surface area contributed by atoms with E-state index in [1.165, 1.54) is 0 Å². The maximum atomic E-state index is 11.7. The lowest BCUT2D eigenvalue weighted by molar-refractivity contribution is 0.0860. The largest absolute Gasteiger partial charge is 0.376 e. The topological polar surface area (TPSA) is 63.2 Å². The Hall–Kier alpha value is -1.14. The molecule has 6 heteroatoms. The third-order valence-electron chi connectivity index (χ3n) is 2.98. The monoisotopic (exact) mass is 269 g/mol. The van der Waals surface area contributed by atoms with E-state index in [0.29, 0.717) is 6.54 Å². The van der Waals surface area contributed by atoms with E-state index >= 15 is 0 Å². The second-order valence-electron chi connectivity index (χ2n) is 4.53. The second-order valence-corrected chi connectivity index (χ2v) is 5.59. The summed E-state index contributed by atoms with van der Waals surface area (Å²) in [4.78, 5) is 16.0. The fourth-order valence-corrected chi connectivity index (χ4v) is 2.62. The zero-order valence-corrected chi connectivity index (χ0v) is 11.5. The van der Waals surface area contributed by atoms with Crippen molar-refractivity contribution < 1.29 is 9.53 Å². The molecule has 0 unspecified atom stereocenters. The molecule has 2 atom stereocenters. The highest BCUT2D eigenvalue weighted by Crippen LogP contribution is 2.15. The minimum absolute atomic E-state index is 0.0460. The van der Waals surface area contributed by atoms with Crippen molar-refractivity contribution in [2.24, 2.45) is 0 Å². The van der Waals surface area contributed by atoms with Crippen molar-refractivity contribution in [1.82, 2.24) is 15.6 Å². The number of nitrogens with zero attached hydrogens (tertiary/aromatic N) is 1. The Morgan fingerprint density at radius 3 is 3.17 bits per heavy atom. The number of rotatable bonds is 4. The van der Waals surface area contributed by atoms with Crippen LogP contribution in [0.2, 0.25) is 0 Å². The summed E-state index contributed by atoms with van der Waals surface area (Å²) in [6.07, 6.45) is 2.25. The zero-order chi connectivity index (χ0) is 13.0. The predicted molar refractivity (Wildman–Crippen MR) is 70.7 cm³/mol. The molecule has 100 valence electrons. The minimum Gasteiger partial charge on any atom is -0.376 e. The molecule has 0 aliphatic carbocycles. The minimum atomic E-state index is -0.163. The molecule has 0 radical (unpaired) electrons. The number of ether oxygens (including phenoxy) is 1. The fourth-order valence-electron chi connectivity index (χ4n) is 2.01. The molecule has 1 saturated heterocycles. The highest BCUT2D eigenvalue weighted by atomic mass is 32.1. The van der Waals surface area contributed by atoms with Gasteiger partial charge in [-0.3, -0.25) is 0 Å². The highest BCUT2D eigenvalue weighted by Gasteiger charge is 2.23. The van der Waals surface area contributed by atoms with E-state index in [2.05, 4.69) is 15.6 Å². The first kappa shape index (κ1) is 13.3. The number of carbonyl (C=O) groups excluding carboxylic acids is 1. The summed E-state index contributed by atoms with van der Waals surface area (Å²) in [5.74, 6) is 0. The Kier molecular flexibility index (Phi) is 4.54. The van der Waals surface area contributed by atoms with Gasteiger partial charge in [-0.25, -0.2) is 9.78 Å². The van der Waals surface area contributed by atoms with Crippen LogP contribution in [0.1, 0.15) is 30.5 Å². The van der Waals surface area contributed by atoms with Crippen LogP contribution in [0.5, 0.6) is 0 Å². The summed E-state index contributed by atoms with van der Waals surface area (Å²) in [7, 11) is 0. The van der Waals surface area contributed by atoms with Crippen LogP contribution >= 0.6 is 11.3 Å². The standard InChI is InChI=1S/C12H19N3O2S/c1-8(11-4-3-5-17-11)14-12(16)13-6-10-7-18-9(2)15-10/h7-8,11H,3-6H2,1-2H3,(H2,13,14,16)/t8-,11-/m0/s1.